The number of fused-ring (bicyclic) bond motifs is 4. The number of rotatable bonds is 2. The van der Waals surface area contributed by atoms with Gasteiger partial charge in [0, 0.05) is 11.5 Å². The van der Waals surface area contributed by atoms with Crippen molar-refractivity contribution in [2.45, 2.75) is 31.8 Å². The molecule has 0 aromatic carbocycles. The van der Waals surface area contributed by atoms with Crippen LogP contribution in [0.4, 0.5) is 0 Å². The molecule has 0 radical (unpaired) electrons. The largest absolute Gasteiger partial charge is 0.458 e. The van der Waals surface area contributed by atoms with Gasteiger partial charge in [-0.15, -0.1) is 6.58 Å². The van der Waals surface area contributed by atoms with Gasteiger partial charge < -0.3 is 14.6 Å². The van der Waals surface area contributed by atoms with Gasteiger partial charge in [-0.2, -0.15) is 0 Å². The zero-order valence-corrected chi connectivity index (χ0v) is 11.0. The third-order valence-corrected chi connectivity index (χ3v) is 4.80. The normalized spacial score (nSPS) is 47.8. The van der Waals surface area contributed by atoms with Gasteiger partial charge in [-0.3, -0.25) is 0 Å². The van der Waals surface area contributed by atoms with E-state index < -0.39 is 11.7 Å². The monoisotopic (exact) mass is 262 g/mol. The number of aliphatic hydroxyl groups excluding tert-OH is 1. The molecule has 0 aromatic heterocycles. The van der Waals surface area contributed by atoms with Crippen molar-refractivity contribution in [2.24, 2.45) is 17.3 Å². The summed E-state index contributed by atoms with van der Waals surface area (Å²) in [5, 5.41) is 10.3. The Labute approximate surface area is 112 Å². The van der Waals surface area contributed by atoms with E-state index in [4.69, 9.17) is 9.47 Å². The fourth-order valence-corrected chi connectivity index (χ4v) is 3.96. The van der Waals surface area contributed by atoms with E-state index in [0.29, 0.717) is 12.0 Å². The molecule has 2 saturated heterocycles. The Morgan fingerprint density at radius 2 is 2.26 bits per heavy atom. The lowest BCUT2D eigenvalue weighted by molar-refractivity contribution is -0.142. The smallest absolute Gasteiger partial charge is 0.334 e. The average molecular weight is 262 g/mol. The minimum atomic E-state index is -0.936. The van der Waals surface area contributed by atoms with E-state index in [1.54, 1.807) is 6.08 Å². The van der Waals surface area contributed by atoms with Crippen LogP contribution in [0.2, 0.25) is 0 Å². The molecular formula is C15H18O4. The zero-order chi connectivity index (χ0) is 13.9. The number of aliphatic hydroxyl groups is 1. The van der Waals surface area contributed by atoms with E-state index in [2.05, 4.69) is 19.7 Å². The molecule has 6 atom stereocenters. The van der Waals surface area contributed by atoms with Crippen LogP contribution < -0.4 is 0 Å². The van der Waals surface area contributed by atoms with E-state index in [9.17, 15) is 9.90 Å². The van der Waals surface area contributed by atoms with E-state index in [-0.39, 0.29) is 30.0 Å². The van der Waals surface area contributed by atoms with Crippen molar-refractivity contribution in [3.63, 3.8) is 0 Å². The quantitative estimate of drug-likeness (QED) is 0.466. The summed E-state index contributed by atoms with van der Waals surface area (Å²) in [5.41, 5.74) is 0.739. The van der Waals surface area contributed by atoms with Crippen LogP contribution >= 0.6 is 0 Å². The molecule has 1 N–H and O–H groups in total. The van der Waals surface area contributed by atoms with Crippen LogP contribution in [0.5, 0.6) is 0 Å². The highest BCUT2D eigenvalue weighted by Gasteiger charge is 2.65. The molecule has 19 heavy (non-hydrogen) atoms. The van der Waals surface area contributed by atoms with Crippen molar-refractivity contribution in [1.82, 2.24) is 0 Å². The van der Waals surface area contributed by atoms with Crippen molar-refractivity contribution < 1.29 is 19.4 Å². The van der Waals surface area contributed by atoms with Gasteiger partial charge in [-0.05, 0) is 13.3 Å². The zero-order valence-electron chi connectivity index (χ0n) is 11.0. The molecule has 1 saturated carbocycles. The van der Waals surface area contributed by atoms with E-state index in [1.165, 1.54) is 0 Å². The van der Waals surface area contributed by atoms with Gasteiger partial charge in [0.25, 0.3) is 0 Å². The first-order valence-electron chi connectivity index (χ1n) is 6.44. The fraction of sp³-hybridized carbons (Fsp3) is 0.533. The number of carbonyl (C=O) groups excluding carboxylic acids is 1. The predicted molar refractivity (Wildman–Crippen MR) is 68.9 cm³/mol. The van der Waals surface area contributed by atoms with Crippen molar-refractivity contribution in [3.8, 4) is 0 Å². The summed E-state index contributed by atoms with van der Waals surface area (Å²) in [5.74, 6) is -0.618. The van der Waals surface area contributed by atoms with Crippen molar-refractivity contribution in [3.05, 3.63) is 37.0 Å². The van der Waals surface area contributed by atoms with Gasteiger partial charge in [0.2, 0.25) is 0 Å². The summed E-state index contributed by atoms with van der Waals surface area (Å²) in [4.78, 5) is 11.7. The lowest BCUT2D eigenvalue weighted by Gasteiger charge is -2.42. The van der Waals surface area contributed by atoms with E-state index >= 15 is 0 Å². The van der Waals surface area contributed by atoms with Crippen LogP contribution in [-0.2, 0) is 14.3 Å². The maximum Gasteiger partial charge on any atom is 0.334 e. The second kappa shape index (κ2) is 3.81. The summed E-state index contributed by atoms with van der Waals surface area (Å²) >= 11 is 0. The molecule has 2 aliphatic heterocycles. The Kier molecular flexibility index (Phi) is 2.53. The maximum atomic E-state index is 11.7. The molecule has 102 valence electrons. The van der Waals surface area contributed by atoms with Crippen LogP contribution in [0.1, 0.15) is 13.3 Å². The molecule has 4 heteroatoms. The van der Waals surface area contributed by atoms with Gasteiger partial charge in [-0.1, -0.05) is 24.8 Å². The Balaban J connectivity index is 2.09. The number of carbonyl (C=O) groups is 1. The molecule has 0 amide bonds. The SMILES string of the molecule is C=CC12CC3OC(=O)C(=C)C3C(OC1O)C2C(=C)C. The highest BCUT2D eigenvalue weighted by molar-refractivity contribution is 5.91. The minimum absolute atomic E-state index is 0.0625. The molecule has 2 bridgehead atoms. The third kappa shape index (κ3) is 1.38. The molecule has 0 spiro atoms. The Bertz CT molecular complexity index is 494. The standard InChI is InChI=1S/C15H18O4/c1-5-15-6-9-10(8(4)13(16)18-9)12(19-14(15)17)11(15)7(2)3/h5,9-12,14,17H,1-2,4,6H2,3H3. The highest BCUT2D eigenvalue weighted by atomic mass is 16.6. The van der Waals surface area contributed by atoms with Gasteiger partial charge in [-0.25, -0.2) is 4.79 Å². The Hall–Kier alpha value is -1.39. The first-order chi connectivity index (χ1) is 8.92. The van der Waals surface area contributed by atoms with Crippen LogP contribution in [0.25, 0.3) is 0 Å². The molecule has 0 aromatic rings. The number of ether oxygens (including phenoxy) is 2. The van der Waals surface area contributed by atoms with Crippen LogP contribution in [-0.4, -0.2) is 29.6 Å². The topological polar surface area (TPSA) is 55.8 Å². The van der Waals surface area contributed by atoms with E-state index in [1.807, 2.05) is 6.92 Å². The second-order valence-electron chi connectivity index (χ2n) is 5.79. The second-order valence-corrected chi connectivity index (χ2v) is 5.79. The fourth-order valence-electron chi connectivity index (χ4n) is 3.96. The number of hydrogen-bond donors (Lipinski definition) is 1. The molecule has 2 heterocycles. The summed E-state index contributed by atoms with van der Waals surface area (Å²) in [7, 11) is 0. The van der Waals surface area contributed by atoms with Gasteiger partial charge in [0.15, 0.2) is 6.29 Å². The summed E-state index contributed by atoms with van der Waals surface area (Å²) in [6, 6.07) is 0. The molecule has 3 aliphatic rings. The first kappa shape index (κ1) is 12.6. The molecule has 6 unspecified atom stereocenters. The Morgan fingerprint density at radius 3 is 2.84 bits per heavy atom. The lowest BCUT2D eigenvalue weighted by atomic mass is 9.60. The van der Waals surface area contributed by atoms with Crippen molar-refractivity contribution >= 4 is 5.97 Å². The highest BCUT2D eigenvalue weighted by Crippen LogP contribution is 2.59. The minimum Gasteiger partial charge on any atom is -0.458 e. The molecule has 3 fully saturated rings. The Morgan fingerprint density at radius 1 is 1.58 bits per heavy atom. The third-order valence-electron chi connectivity index (χ3n) is 4.80. The van der Waals surface area contributed by atoms with Crippen molar-refractivity contribution in [1.29, 1.82) is 0 Å². The van der Waals surface area contributed by atoms with Gasteiger partial charge in [0.1, 0.15) is 6.10 Å². The molecular weight excluding hydrogens is 244 g/mol. The molecule has 4 nitrogen and oxygen atoms in total. The van der Waals surface area contributed by atoms with Crippen LogP contribution in [0.3, 0.4) is 0 Å². The first-order valence-corrected chi connectivity index (χ1v) is 6.44. The van der Waals surface area contributed by atoms with Crippen LogP contribution in [0, 0.1) is 17.3 Å². The summed E-state index contributed by atoms with van der Waals surface area (Å²) < 4.78 is 11.1. The molecule has 1 aliphatic carbocycles. The lowest BCUT2D eigenvalue weighted by Crippen LogP contribution is -2.47. The van der Waals surface area contributed by atoms with E-state index in [0.717, 1.165) is 5.57 Å². The average Bonchev–Trinajstić information content (AvgIpc) is 2.74. The van der Waals surface area contributed by atoms with Gasteiger partial charge >= 0.3 is 5.97 Å². The summed E-state index contributed by atoms with van der Waals surface area (Å²) in [6.07, 6.45) is 0.691. The van der Waals surface area contributed by atoms with Crippen LogP contribution in [0.15, 0.2) is 37.0 Å². The number of hydrogen-bond acceptors (Lipinski definition) is 4. The van der Waals surface area contributed by atoms with Crippen molar-refractivity contribution in [2.75, 3.05) is 0 Å². The molecule has 3 rings (SSSR count). The predicted octanol–water partition coefficient (Wildman–Crippen LogP) is 1.57. The number of esters is 1. The van der Waals surface area contributed by atoms with Gasteiger partial charge in [0.05, 0.1) is 17.4 Å². The summed E-state index contributed by atoms with van der Waals surface area (Å²) in [6.45, 7) is 13.6. The maximum absolute atomic E-state index is 11.7.